The van der Waals surface area contributed by atoms with Crippen LogP contribution in [0.3, 0.4) is 0 Å². The molecule has 7 heteroatoms. The number of rotatable bonds is 5. The van der Waals surface area contributed by atoms with E-state index in [1.165, 1.54) is 4.88 Å². The van der Waals surface area contributed by atoms with Crippen LogP contribution >= 0.6 is 11.3 Å². The first kappa shape index (κ1) is 19.7. The van der Waals surface area contributed by atoms with E-state index in [-0.39, 0.29) is 11.2 Å². The van der Waals surface area contributed by atoms with Crippen LogP contribution in [0.15, 0.2) is 63.1 Å². The molecule has 1 aliphatic heterocycles. The Labute approximate surface area is 183 Å². The van der Waals surface area contributed by atoms with E-state index in [0.717, 1.165) is 17.9 Å². The van der Waals surface area contributed by atoms with E-state index >= 15 is 0 Å². The van der Waals surface area contributed by atoms with E-state index in [1.54, 1.807) is 55.7 Å². The Kier molecular flexibility index (Phi) is 5.13. The van der Waals surface area contributed by atoms with E-state index in [2.05, 4.69) is 16.3 Å². The summed E-state index contributed by atoms with van der Waals surface area (Å²) in [5.74, 6) is 2.62. The molecule has 0 aliphatic carbocycles. The number of thiophene rings is 1. The van der Waals surface area contributed by atoms with Crippen LogP contribution in [0, 0.1) is 6.92 Å². The predicted molar refractivity (Wildman–Crippen MR) is 119 cm³/mol. The van der Waals surface area contributed by atoms with Crippen LogP contribution in [0.2, 0.25) is 0 Å². The minimum atomic E-state index is -0.201. The molecule has 158 valence electrons. The molecule has 0 amide bonds. The highest BCUT2D eigenvalue weighted by Gasteiger charge is 2.24. The Morgan fingerprint density at radius 2 is 1.90 bits per heavy atom. The lowest BCUT2D eigenvalue weighted by atomic mass is 10.1. The molecule has 2 aromatic heterocycles. The lowest BCUT2D eigenvalue weighted by Crippen LogP contribution is -2.31. The van der Waals surface area contributed by atoms with Crippen LogP contribution in [0.4, 0.5) is 0 Å². The topological polar surface area (TPSA) is 61.1 Å². The van der Waals surface area contributed by atoms with Crippen LogP contribution in [-0.4, -0.2) is 18.7 Å². The molecule has 0 saturated carbocycles. The molecule has 4 aromatic rings. The lowest BCUT2D eigenvalue weighted by Gasteiger charge is -2.29. The molecule has 0 fully saturated rings. The van der Waals surface area contributed by atoms with E-state index in [0.29, 0.717) is 41.5 Å². The average Bonchev–Trinajstić information content (AvgIpc) is 3.30. The number of aryl methyl sites for hydroxylation is 1. The van der Waals surface area contributed by atoms with Crippen LogP contribution in [0.25, 0.3) is 11.0 Å². The molecule has 0 atom stereocenters. The maximum atomic E-state index is 13.2. The Balaban J connectivity index is 1.50. The number of fused-ring (bicyclic) bond motifs is 3. The normalized spacial score (nSPS) is 13.6. The van der Waals surface area contributed by atoms with Crippen LogP contribution in [0.5, 0.6) is 23.0 Å². The molecule has 5 rings (SSSR count). The van der Waals surface area contributed by atoms with Crippen LogP contribution < -0.4 is 19.6 Å². The molecule has 0 N–H and O–H groups in total. The molecule has 1 aliphatic rings. The second kappa shape index (κ2) is 8.09. The number of hydrogen-bond donors (Lipinski definition) is 0. The Hall–Kier alpha value is -3.29. The van der Waals surface area contributed by atoms with Gasteiger partial charge in [0.1, 0.15) is 35.3 Å². The van der Waals surface area contributed by atoms with Crippen molar-refractivity contribution >= 4 is 22.3 Å². The third-order valence-electron chi connectivity index (χ3n) is 5.27. The van der Waals surface area contributed by atoms with Gasteiger partial charge in [0, 0.05) is 18.0 Å². The maximum Gasteiger partial charge on any atom is 0.235 e. The smallest absolute Gasteiger partial charge is 0.235 e. The standard InChI is InChI=1S/C24H21NO5S/c1-15-23(30-17-7-5-16(27-2)6-8-17)22(26)19-9-10-21-20(24(19)29-15)13-25(14-28-21)12-18-4-3-11-31-18/h3-11H,12-14H2,1-2H3. The molecule has 0 saturated heterocycles. The van der Waals surface area contributed by atoms with Gasteiger partial charge in [0.2, 0.25) is 11.2 Å². The minimum Gasteiger partial charge on any atom is -0.497 e. The molecular weight excluding hydrogens is 414 g/mol. The van der Waals surface area contributed by atoms with Crippen molar-refractivity contribution < 1.29 is 18.6 Å². The Morgan fingerprint density at radius 3 is 2.65 bits per heavy atom. The summed E-state index contributed by atoms with van der Waals surface area (Å²) in [4.78, 5) is 16.7. The summed E-state index contributed by atoms with van der Waals surface area (Å²) >= 11 is 1.72. The van der Waals surface area contributed by atoms with Gasteiger partial charge in [-0.15, -0.1) is 11.3 Å². The summed E-state index contributed by atoms with van der Waals surface area (Å²) < 4.78 is 23.1. The molecule has 0 spiro atoms. The van der Waals surface area contributed by atoms with E-state index in [1.807, 2.05) is 12.1 Å². The number of nitrogens with zero attached hydrogens (tertiary/aromatic N) is 1. The van der Waals surface area contributed by atoms with Gasteiger partial charge >= 0.3 is 0 Å². The molecule has 31 heavy (non-hydrogen) atoms. The van der Waals surface area contributed by atoms with Gasteiger partial charge in [0.05, 0.1) is 18.1 Å². The Morgan fingerprint density at radius 1 is 1.10 bits per heavy atom. The predicted octanol–water partition coefficient (Wildman–Crippen LogP) is 5.32. The summed E-state index contributed by atoms with van der Waals surface area (Å²) in [6, 6.07) is 14.8. The number of methoxy groups -OCH3 is 1. The van der Waals surface area contributed by atoms with Crippen molar-refractivity contribution in [3.8, 4) is 23.0 Å². The van der Waals surface area contributed by atoms with Gasteiger partial charge in [-0.2, -0.15) is 0 Å². The van der Waals surface area contributed by atoms with Gasteiger partial charge in [-0.1, -0.05) is 6.07 Å². The third-order valence-corrected chi connectivity index (χ3v) is 6.13. The highest BCUT2D eigenvalue weighted by atomic mass is 32.1. The summed E-state index contributed by atoms with van der Waals surface area (Å²) in [5.41, 5.74) is 1.24. The third kappa shape index (κ3) is 3.78. The number of benzene rings is 2. The molecule has 2 aromatic carbocycles. The summed E-state index contributed by atoms with van der Waals surface area (Å²) in [6.45, 7) is 3.67. The lowest BCUT2D eigenvalue weighted by molar-refractivity contribution is 0.0899. The number of ether oxygens (including phenoxy) is 3. The minimum absolute atomic E-state index is 0.185. The highest BCUT2D eigenvalue weighted by Crippen LogP contribution is 2.35. The van der Waals surface area contributed by atoms with Gasteiger partial charge in [-0.25, -0.2) is 0 Å². The SMILES string of the molecule is COc1ccc(Oc2c(C)oc3c4c(ccc3c2=O)OCN(Cc2cccs2)C4)cc1. The van der Waals surface area contributed by atoms with Crippen molar-refractivity contribution in [2.24, 2.45) is 0 Å². The molecule has 3 heterocycles. The van der Waals surface area contributed by atoms with Crippen molar-refractivity contribution in [3.05, 3.63) is 80.3 Å². The van der Waals surface area contributed by atoms with Crippen molar-refractivity contribution in [2.45, 2.75) is 20.0 Å². The maximum absolute atomic E-state index is 13.2. The fourth-order valence-corrected chi connectivity index (χ4v) is 4.45. The van der Waals surface area contributed by atoms with Gasteiger partial charge in [-0.05, 0) is 54.8 Å². The van der Waals surface area contributed by atoms with Crippen LogP contribution in [0.1, 0.15) is 16.2 Å². The largest absolute Gasteiger partial charge is 0.497 e. The van der Waals surface area contributed by atoms with E-state index in [9.17, 15) is 4.79 Å². The van der Waals surface area contributed by atoms with Crippen molar-refractivity contribution in [3.63, 3.8) is 0 Å². The summed E-state index contributed by atoms with van der Waals surface area (Å²) in [6.07, 6.45) is 0. The molecular formula is C24H21NO5S. The zero-order valence-electron chi connectivity index (χ0n) is 17.2. The van der Waals surface area contributed by atoms with E-state index < -0.39 is 0 Å². The molecule has 6 nitrogen and oxygen atoms in total. The summed E-state index contributed by atoms with van der Waals surface area (Å²) in [5, 5.41) is 2.55. The Bertz CT molecular complexity index is 1280. The van der Waals surface area contributed by atoms with E-state index in [4.69, 9.17) is 18.6 Å². The second-order valence-corrected chi connectivity index (χ2v) is 8.39. The summed E-state index contributed by atoms with van der Waals surface area (Å²) in [7, 11) is 1.60. The average molecular weight is 436 g/mol. The molecule has 0 unspecified atom stereocenters. The quantitative estimate of drug-likeness (QED) is 0.423. The second-order valence-electron chi connectivity index (χ2n) is 7.35. The highest BCUT2D eigenvalue weighted by molar-refractivity contribution is 7.09. The fourth-order valence-electron chi connectivity index (χ4n) is 3.71. The number of hydrogen-bond acceptors (Lipinski definition) is 7. The fraction of sp³-hybridized carbons (Fsp3) is 0.208. The zero-order chi connectivity index (χ0) is 21.4. The first-order chi connectivity index (χ1) is 15.1. The van der Waals surface area contributed by atoms with Gasteiger partial charge < -0.3 is 18.6 Å². The van der Waals surface area contributed by atoms with Gasteiger partial charge in [0.15, 0.2) is 0 Å². The monoisotopic (exact) mass is 435 g/mol. The van der Waals surface area contributed by atoms with Crippen LogP contribution in [-0.2, 0) is 13.1 Å². The molecule has 0 bridgehead atoms. The van der Waals surface area contributed by atoms with Gasteiger partial charge in [0.25, 0.3) is 0 Å². The zero-order valence-corrected chi connectivity index (χ0v) is 18.0. The first-order valence-corrected chi connectivity index (χ1v) is 10.8. The first-order valence-electron chi connectivity index (χ1n) is 9.91. The molecule has 0 radical (unpaired) electrons. The van der Waals surface area contributed by atoms with Gasteiger partial charge in [-0.3, -0.25) is 9.69 Å². The van der Waals surface area contributed by atoms with Crippen molar-refractivity contribution in [1.82, 2.24) is 4.90 Å². The van der Waals surface area contributed by atoms with Crippen molar-refractivity contribution in [1.29, 1.82) is 0 Å². The van der Waals surface area contributed by atoms with Crippen molar-refractivity contribution in [2.75, 3.05) is 13.8 Å².